The van der Waals surface area contributed by atoms with Crippen molar-refractivity contribution in [2.75, 3.05) is 0 Å². The van der Waals surface area contributed by atoms with Gasteiger partial charge in [0.1, 0.15) is 6.33 Å². The van der Waals surface area contributed by atoms with Crippen molar-refractivity contribution in [3.8, 4) is 5.69 Å². The van der Waals surface area contributed by atoms with Crippen molar-refractivity contribution in [2.24, 2.45) is 16.6 Å². The van der Waals surface area contributed by atoms with Crippen molar-refractivity contribution in [1.29, 1.82) is 0 Å². The van der Waals surface area contributed by atoms with Crippen LogP contribution in [0.25, 0.3) is 5.69 Å². The van der Waals surface area contributed by atoms with Gasteiger partial charge in [0.25, 0.3) is 5.91 Å². The fourth-order valence-electron chi connectivity index (χ4n) is 5.43. The average Bonchev–Trinajstić information content (AvgIpc) is 3.05. The molecule has 3 saturated carbocycles. The van der Waals surface area contributed by atoms with Crippen LogP contribution in [-0.4, -0.2) is 21.2 Å². The molecule has 4 aliphatic rings. The number of amides is 1. The van der Waals surface area contributed by atoms with Gasteiger partial charge in [-0.05, 0) is 83.9 Å². The van der Waals surface area contributed by atoms with Crippen LogP contribution in [0.3, 0.4) is 0 Å². The molecule has 6 heteroatoms. The zero-order chi connectivity index (χ0) is 20.6. The van der Waals surface area contributed by atoms with Crippen LogP contribution >= 0.6 is 22.6 Å². The number of rotatable bonds is 3. The number of primary amides is 1. The predicted molar refractivity (Wildman–Crippen MR) is 124 cm³/mol. The van der Waals surface area contributed by atoms with E-state index in [9.17, 15) is 4.79 Å². The van der Waals surface area contributed by atoms with Crippen LogP contribution in [0.15, 0.2) is 53.8 Å². The highest BCUT2D eigenvalue weighted by Crippen LogP contribution is 2.65. The molecule has 5 nitrogen and oxygen atoms in total. The number of aromatic nitrogens is 2. The summed E-state index contributed by atoms with van der Waals surface area (Å²) in [5, 5.41) is 0. The predicted octanol–water partition coefficient (Wildman–Crippen LogP) is 4.54. The number of hydrogen-bond acceptors (Lipinski definition) is 3. The molecule has 1 aliphatic heterocycles. The summed E-state index contributed by atoms with van der Waals surface area (Å²) in [6.45, 7) is 2.00. The van der Waals surface area contributed by atoms with Crippen molar-refractivity contribution in [3.05, 3.63) is 80.4 Å². The molecule has 3 aromatic rings. The maximum atomic E-state index is 12.0. The van der Waals surface area contributed by atoms with Gasteiger partial charge in [0.05, 0.1) is 23.1 Å². The Morgan fingerprint density at radius 2 is 1.93 bits per heavy atom. The molecule has 3 fully saturated rings. The summed E-state index contributed by atoms with van der Waals surface area (Å²) < 4.78 is 3.15. The second-order valence-electron chi connectivity index (χ2n) is 8.84. The molecule has 1 amide bonds. The van der Waals surface area contributed by atoms with Crippen LogP contribution in [0.2, 0.25) is 0 Å². The molecule has 2 heterocycles. The number of benzene rings is 2. The van der Waals surface area contributed by atoms with Crippen molar-refractivity contribution < 1.29 is 4.79 Å². The van der Waals surface area contributed by atoms with E-state index in [4.69, 9.17) is 10.7 Å². The third kappa shape index (κ3) is 2.43. The zero-order valence-corrected chi connectivity index (χ0v) is 18.8. The van der Waals surface area contributed by atoms with E-state index < -0.39 is 5.91 Å². The van der Waals surface area contributed by atoms with Crippen molar-refractivity contribution in [2.45, 2.75) is 37.6 Å². The van der Waals surface area contributed by atoms with E-state index in [0.29, 0.717) is 11.1 Å². The van der Waals surface area contributed by atoms with E-state index in [-0.39, 0.29) is 6.04 Å². The summed E-state index contributed by atoms with van der Waals surface area (Å²) in [6, 6.07) is 14.8. The molecule has 1 atom stereocenters. The lowest BCUT2D eigenvalue weighted by Crippen LogP contribution is -2.55. The van der Waals surface area contributed by atoms with Crippen LogP contribution in [-0.2, 0) is 5.41 Å². The molecule has 3 aliphatic carbocycles. The van der Waals surface area contributed by atoms with Crippen LogP contribution in [0.4, 0.5) is 0 Å². The Labute approximate surface area is 188 Å². The number of carbonyl (C=O) groups is 1. The lowest BCUT2D eigenvalue weighted by molar-refractivity contribution is -0.0274. The third-order valence-corrected chi connectivity index (χ3v) is 7.99. The lowest BCUT2D eigenvalue weighted by Gasteiger charge is -2.62. The van der Waals surface area contributed by atoms with Gasteiger partial charge in [0.2, 0.25) is 0 Å². The summed E-state index contributed by atoms with van der Waals surface area (Å²) in [7, 11) is 0. The molecule has 0 spiro atoms. The standard InChI is InChI=1S/C24H21IN4O/c1-13-22-21(23(26)30)27-12-29(22)19-7-6-15(24-9-14(10-24)11-24)8-17(19)20(28-13)16-4-2-3-5-18(16)25/h2-8,12-14H,9-11H2,1H3,(H2,26,30)/t13-,14?,24?/m1/s1. The van der Waals surface area contributed by atoms with Gasteiger partial charge in [0.15, 0.2) is 5.69 Å². The van der Waals surface area contributed by atoms with Crippen LogP contribution in [0, 0.1) is 9.49 Å². The maximum Gasteiger partial charge on any atom is 0.269 e. The van der Waals surface area contributed by atoms with Gasteiger partial charge >= 0.3 is 0 Å². The highest BCUT2D eigenvalue weighted by atomic mass is 127. The quantitative estimate of drug-likeness (QED) is 0.528. The summed E-state index contributed by atoms with van der Waals surface area (Å²) in [6.07, 6.45) is 5.62. The summed E-state index contributed by atoms with van der Waals surface area (Å²) in [4.78, 5) is 21.5. The van der Waals surface area contributed by atoms with Gasteiger partial charge in [-0.15, -0.1) is 0 Å². The first-order valence-corrected chi connectivity index (χ1v) is 11.4. The van der Waals surface area contributed by atoms with Crippen molar-refractivity contribution in [1.82, 2.24) is 9.55 Å². The average molecular weight is 508 g/mol. The Morgan fingerprint density at radius 1 is 1.17 bits per heavy atom. The van der Waals surface area contributed by atoms with E-state index in [1.807, 2.05) is 17.6 Å². The minimum Gasteiger partial charge on any atom is -0.364 e. The number of carbonyl (C=O) groups excluding carboxylic acids is 1. The molecular formula is C24H21IN4O. The van der Waals surface area contributed by atoms with E-state index in [0.717, 1.165) is 37.7 Å². The largest absolute Gasteiger partial charge is 0.364 e. The van der Waals surface area contributed by atoms with Gasteiger partial charge in [-0.25, -0.2) is 4.98 Å². The number of imidazole rings is 1. The van der Waals surface area contributed by atoms with Gasteiger partial charge in [-0.2, -0.15) is 0 Å². The van der Waals surface area contributed by atoms with Gasteiger partial charge in [-0.1, -0.05) is 24.3 Å². The highest BCUT2D eigenvalue weighted by Gasteiger charge is 2.57. The second kappa shape index (κ2) is 6.26. The Kier molecular flexibility index (Phi) is 3.82. The Bertz CT molecular complexity index is 1240. The fraction of sp³-hybridized carbons (Fsp3) is 0.292. The summed E-state index contributed by atoms with van der Waals surface area (Å²) in [5.74, 6) is 0.404. The number of nitrogens with zero attached hydrogens (tertiary/aromatic N) is 3. The van der Waals surface area contributed by atoms with Gasteiger partial charge < -0.3 is 5.73 Å². The number of aliphatic imine (C=N–C) groups is 1. The number of halogens is 1. The second-order valence-corrected chi connectivity index (χ2v) is 10.00. The van der Waals surface area contributed by atoms with Gasteiger partial charge in [0, 0.05) is 14.7 Å². The number of hydrogen-bond donors (Lipinski definition) is 1. The molecular weight excluding hydrogens is 487 g/mol. The Hall–Kier alpha value is -2.48. The molecule has 1 aromatic heterocycles. The molecule has 150 valence electrons. The molecule has 30 heavy (non-hydrogen) atoms. The minimum absolute atomic E-state index is 0.244. The third-order valence-electron chi connectivity index (χ3n) is 7.05. The topological polar surface area (TPSA) is 73.3 Å². The molecule has 2 aromatic carbocycles. The molecule has 0 unspecified atom stereocenters. The zero-order valence-electron chi connectivity index (χ0n) is 16.6. The van der Waals surface area contributed by atoms with Gasteiger partial charge in [-0.3, -0.25) is 14.4 Å². The molecule has 0 saturated heterocycles. The molecule has 7 rings (SSSR count). The minimum atomic E-state index is -0.518. The summed E-state index contributed by atoms with van der Waals surface area (Å²) in [5.41, 5.74) is 12.6. The van der Waals surface area contributed by atoms with Crippen molar-refractivity contribution >= 4 is 34.2 Å². The normalized spacial score (nSPS) is 25.9. The van der Waals surface area contributed by atoms with Crippen molar-refractivity contribution in [3.63, 3.8) is 0 Å². The fourth-order valence-corrected chi connectivity index (χ4v) is 6.07. The van der Waals surface area contributed by atoms with E-state index in [2.05, 4.69) is 64.0 Å². The van der Waals surface area contributed by atoms with Crippen LogP contribution in [0.1, 0.15) is 65.1 Å². The highest BCUT2D eigenvalue weighted by molar-refractivity contribution is 14.1. The van der Waals surface area contributed by atoms with Crippen LogP contribution < -0.4 is 5.73 Å². The summed E-state index contributed by atoms with van der Waals surface area (Å²) >= 11 is 2.37. The first-order valence-electron chi connectivity index (χ1n) is 10.3. The lowest BCUT2D eigenvalue weighted by atomic mass is 9.42. The first-order chi connectivity index (χ1) is 14.5. The van der Waals surface area contributed by atoms with E-state index in [1.165, 1.54) is 24.8 Å². The molecule has 0 radical (unpaired) electrons. The van der Waals surface area contributed by atoms with Crippen LogP contribution in [0.5, 0.6) is 0 Å². The Balaban J connectivity index is 1.63. The number of fused-ring (bicyclic) bond motifs is 3. The number of nitrogens with two attached hydrogens (primary N) is 1. The SMILES string of the molecule is C[C@H]1N=C(c2ccccc2I)c2cc(C34CC(C3)C4)ccc2-n2cnc(C(N)=O)c21. The first kappa shape index (κ1) is 18.3. The Morgan fingerprint density at radius 3 is 2.60 bits per heavy atom. The molecule has 2 N–H and O–H groups in total. The van der Waals surface area contributed by atoms with E-state index in [1.54, 1.807) is 6.33 Å². The maximum absolute atomic E-state index is 12.0. The van der Waals surface area contributed by atoms with E-state index >= 15 is 0 Å². The smallest absolute Gasteiger partial charge is 0.269 e. The monoisotopic (exact) mass is 508 g/mol. The molecule has 2 bridgehead atoms.